The van der Waals surface area contributed by atoms with Crippen molar-refractivity contribution in [3.05, 3.63) is 64.8 Å². The molecule has 0 radical (unpaired) electrons. The van der Waals surface area contributed by atoms with Gasteiger partial charge >= 0.3 is 0 Å². The molecule has 1 atom stereocenters. The van der Waals surface area contributed by atoms with Crippen LogP contribution in [0.4, 0.5) is 22.2 Å². The molecule has 0 saturated carbocycles. The molecular formula is C22H19N5O7S2. The largest absolute Gasteiger partial charge is 0.326 e. The second-order valence-corrected chi connectivity index (χ2v) is 11.1. The maximum Gasteiger partial charge on any atom is 0.269 e. The summed E-state index contributed by atoms with van der Waals surface area (Å²) in [5, 5.41) is 16.0. The van der Waals surface area contributed by atoms with E-state index in [0.29, 0.717) is 11.4 Å². The Bertz CT molecular complexity index is 1450. The van der Waals surface area contributed by atoms with Crippen LogP contribution in [0, 0.1) is 16.0 Å². The highest BCUT2D eigenvalue weighted by atomic mass is 32.2. The molecule has 14 heteroatoms. The summed E-state index contributed by atoms with van der Waals surface area (Å²) in [5.41, 5.74) is 0.917. The Morgan fingerprint density at radius 3 is 2.39 bits per heavy atom. The number of rotatable bonds is 7. The molecule has 0 spiro atoms. The number of carbonyl (C=O) groups is 3. The fourth-order valence-electron chi connectivity index (χ4n) is 3.57. The lowest BCUT2D eigenvalue weighted by atomic mass is 10.1. The van der Waals surface area contributed by atoms with E-state index in [4.69, 9.17) is 0 Å². The molecule has 12 nitrogen and oxygen atoms in total. The first-order valence-corrected chi connectivity index (χ1v) is 12.8. The van der Waals surface area contributed by atoms with Crippen molar-refractivity contribution in [2.45, 2.75) is 22.4 Å². The number of nitrogens with zero attached hydrogens (tertiary/aromatic N) is 3. The summed E-state index contributed by atoms with van der Waals surface area (Å²) in [4.78, 5) is 51.9. The highest BCUT2D eigenvalue weighted by Gasteiger charge is 2.35. The fourth-order valence-corrected chi connectivity index (χ4v) is 6.01. The second kappa shape index (κ2) is 9.83. The third kappa shape index (κ3) is 5.23. The minimum absolute atomic E-state index is 0.0292. The van der Waals surface area contributed by atoms with Gasteiger partial charge in [0.25, 0.3) is 5.69 Å². The van der Waals surface area contributed by atoms with E-state index in [2.05, 4.69) is 15.6 Å². The smallest absolute Gasteiger partial charge is 0.269 e. The molecule has 2 heterocycles. The molecule has 0 aliphatic carbocycles. The van der Waals surface area contributed by atoms with Gasteiger partial charge in [-0.3, -0.25) is 24.5 Å². The number of hydrogen-bond acceptors (Lipinski definition) is 9. The molecule has 2 aromatic carbocycles. The summed E-state index contributed by atoms with van der Waals surface area (Å²) >= 11 is 0.739. The number of anilines is 3. The van der Waals surface area contributed by atoms with Gasteiger partial charge in [-0.15, -0.1) is 0 Å². The predicted octanol–water partition coefficient (Wildman–Crippen LogP) is 2.83. The molecule has 1 aromatic heterocycles. The van der Waals surface area contributed by atoms with Crippen molar-refractivity contribution in [3.8, 4) is 0 Å². The minimum Gasteiger partial charge on any atom is -0.326 e. The first kappa shape index (κ1) is 24.9. The van der Waals surface area contributed by atoms with Gasteiger partial charge < -0.3 is 15.5 Å². The van der Waals surface area contributed by atoms with Gasteiger partial charge in [0.05, 0.1) is 21.9 Å². The summed E-state index contributed by atoms with van der Waals surface area (Å²) in [6.07, 6.45) is 1.07. The molecule has 3 amide bonds. The van der Waals surface area contributed by atoms with Crippen molar-refractivity contribution in [3.63, 3.8) is 0 Å². The molecular weight excluding hydrogens is 510 g/mol. The van der Waals surface area contributed by atoms with Crippen LogP contribution in [0.15, 0.2) is 63.8 Å². The van der Waals surface area contributed by atoms with E-state index in [9.17, 15) is 32.9 Å². The third-order valence-electron chi connectivity index (χ3n) is 5.33. The van der Waals surface area contributed by atoms with E-state index >= 15 is 0 Å². The number of hydrogen-bond donors (Lipinski definition) is 2. The number of nitro groups is 1. The van der Waals surface area contributed by atoms with Crippen LogP contribution >= 0.6 is 11.3 Å². The zero-order valence-corrected chi connectivity index (χ0v) is 20.3. The van der Waals surface area contributed by atoms with Gasteiger partial charge in [0.15, 0.2) is 5.13 Å². The Morgan fingerprint density at radius 2 is 1.78 bits per heavy atom. The maximum atomic E-state index is 12.8. The van der Waals surface area contributed by atoms with Gasteiger partial charge in [-0.2, -0.15) is 0 Å². The Morgan fingerprint density at radius 1 is 1.11 bits per heavy atom. The molecule has 0 bridgehead atoms. The Kier molecular flexibility index (Phi) is 6.81. The SMILES string of the molecule is CC(=O)Nc1ccc(N2CC(C(=O)Nc3ncc(S(=O)(=O)c4ccc([N+](=O)[O-])cc4)s3)CC2=O)cc1. The summed E-state index contributed by atoms with van der Waals surface area (Å²) < 4.78 is 25.5. The van der Waals surface area contributed by atoms with Crippen LogP contribution in [0.2, 0.25) is 0 Å². The van der Waals surface area contributed by atoms with E-state index in [1.54, 1.807) is 24.3 Å². The average molecular weight is 530 g/mol. The van der Waals surface area contributed by atoms with Crippen molar-refractivity contribution in [2.75, 3.05) is 22.1 Å². The van der Waals surface area contributed by atoms with Gasteiger partial charge in [0.1, 0.15) is 4.21 Å². The first-order chi connectivity index (χ1) is 17.0. The molecule has 1 fully saturated rings. The summed E-state index contributed by atoms with van der Waals surface area (Å²) in [6, 6.07) is 11.1. The maximum absolute atomic E-state index is 12.8. The average Bonchev–Trinajstić information content (AvgIpc) is 3.46. The predicted molar refractivity (Wildman–Crippen MR) is 130 cm³/mol. The first-order valence-electron chi connectivity index (χ1n) is 10.5. The highest BCUT2D eigenvalue weighted by molar-refractivity contribution is 7.93. The van der Waals surface area contributed by atoms with Gasteiger partial charge in [0.2, 0.25) is 27.6 Å². The van der Waals surface area contributed by atoms with Gasteiger partial charge in [-0.1, -0.05) is 11.3 Å². The quantitative estimate of drug-likeness (QED) is 0.348. The molecule has 2 N–H and O–H groups in total. The standard InChI is InChI=1S/C22H19N5O7S2/c1-13(28)24-15-2-4-16(5-3-15)26-12-14(10-19(26)29)21(30)25-22-23-11-20(35-22)36(33,34)18-8-6-17(7-9-18)27(31)32/h2-9,11,14H,10,12H2,1H3,(H,24,28)(H,23,25,30). The summed E-state index contributed by atoms with van der Waals surface area (Å²) in [5.74, 6) is -1.62. The minimum atomic E-state index is -3.99. The van der Waals surface area contributed by atoms with Crippen LogP contribution in [0.1, 0.15) is 13.3 Å². The van der Waals surface area contributed by atoms with Crippen molar-refractivity contribution in [2.24, 2.45) is 5.92 Å². The number of thiazole rings is 1. The van der Waals surface area contributed by atoms with E-state index in [0.717, 1.165) is 41.8 Å². The number of non-ortho nitro benzene ring substituents is 1. The Balaban J connectivity index is 1.42. The van der Waals surface area contributed by atoms with Crippen molar-refractivity contribution >= 4 is 61.1 Å². The van der Waals surface area contributed by atoms with E-state index in [-0.39, 0.29) is 44.7 Å². The van der Waals surface area contributed by atoms with Crippen molar-refractivity contribution in [1.29, 1.82) is 0 Å². The number of nitro benzene ring substituents is 1. The fraction of sp³-hybridized carbons (Fsp3) is 0.182. The van der Waals surface area contributed by atoms with E-state index in [1.165, 1.54) is 11.8 Å². The molecule has 4 rings (SSSR count). The molecule has 1 unspecified atom stereocenters. The monoisotopic (exact) mass is 529 g/mol. The van der Waals surface area contributed by atoms with Crippen LogP contribution in [0.25, 0.3) is 0 Å². The van der Waals surface area contributed by atoms with Crippen LogP contribution in [0.3, 0.4) is 0 Å². The molecule has 36 heavy (non-hydrogen) atoms. The Labute approximate surface area is 209 Å². The van der Waals surface area contributed by atoms with Crippen LogP contribution < -0.4 is 15.5 Å². The number of sulfone groups is 1. The lowest BCUT2D eigenvalue weighted by Crippen LogP contribution is -2.28. The molecule has 1 aliphatic heterocycles. The summed E-state index contributed by atoms with van der Waals surface area (Å²) in [6.45, 7) is 1.51. The topological polar surface area (TPSA) is 169 Å². The zero-order chi connectivity index (χ0) is 26.0. The molecule has 3 aromatic rings. The number of amides is 3. The number of aromatic nitrogens is 1. The van der Waals surface area contributed by atoms with Crippen molar-refractivity contribution in [1.82, 2.24) is 4.98 Å². The van der Waals surface area contributed by atoms with Crippen LogP contribution in [-0.4, -0.2) is 42.6 Å². The van der Waals surface area contributed by atoms with E-state index < -0.39 is 26.6 Å². The normalized spacial score (nSPS) is 15.5. The van der Waals surface area contributed by atoms with Gasteiger partial charge in [-0.25, -0.2) is 13.4 Å². The molecule has 1 saturated heterocycles. The van der Waals surface area contributed by atoms with Crippen LogP contribution in [0.5, 0.6) is 0 Å². The lowest BCUT2D eigenvalue weighted by molar-refractivity contribution is -0.384. The lowest BCUT2D eigenvalue weighted by Gasteiger charge is -2.17. The second-order valence-electron chi connectivity index (χ2n) is 7.86. The Hall–Kier alpha value is -4.17. The van der Waals surface area contributed by atoms with Crippen molar-refractivity contribution < 1.29 is 27.7 Å². The van der Waals surface area contributed by atoms with E-state index in [1.807, 2.05) is 0 Å². The number of benzene rings is 2. The number of carbonyl (C=O) groups excluding carboxylic acids is 3. The number of nitrogens with one attached hydrogen (secondary N) is 2. The zero-order valence-electron chi connectivity index (χ0n) is 18.7. The molecule has 186 valence electrons. The van der Waals surface area contributed by atoms with Gasteiger partial charge in [0, 0.05) is 43.4 Å². The van der Waals surface area contributed by atoms with Gasteiger partial charge in [-0.05, 0) is 36.4 Å². The molecule has 1 aliphatic rings. The highest BCUT2D eigenvalue weighted by Crippen LogP contribution is 2.31. The van der Waals surface area contributed by atoms with Crippen LogP contribution in [-0.2, 0) is 24.2 Å². The summed E-state index contributed by atoms with van der Waals surface area (Å²) in [7, 11) is -3.99. The third-order valence-corrected chi connectivity index (χ3v) is 8.48.